The van der Waals surface area contributed by atoms with Gasteiger partial charge in [-0.3, -0.25) is 9.59 Å². The fourth-order valence-corrected chi connectivity index (χ4v) is 5.35. The number of carboxylic acid groups (broad SMARTS) is 2. The Kier molecular flexibility index (Phi) is 55.9. The van der Waals surface area contributed by atoms with Crippen LogP contribution in [0.4, 0.5) is 0 Å². The van der Waals surface area contributed by atoms with Gasteiger partial charge in [-0.25, -0.2) is 0 Å². The summed E-state index contributed by atoms with van der Waals surface area (Å²) in [6, 6.07) is 0. The van der Waals surface area contributed by atoms with E-state index in [2.05, 4.69) is 113 Å². The second kappa shape index (κ2) is 54.5. The van der Waals surface area contributed by atoms with Crippen LogP contribution in [0.15, 0.2) is 85.1 Å². The minimum Gasteiger partial charge on any atom is -0.481 e. The van der Waals surface area contributed by atoms with E-state index in [0.29, 0.717) is 6.42 Å². The molecule has 0 bridgehead atoms. The van der Waals surface area contributed by atoms with Crippen molar-refractivity contribution in [2.75, 3.05) is 0 Å². The summed E-state index contributed by atoms with van der Waals surface area (Å²) in [6.45, 7) is 8.93. The summed E-state index contributed by atoms with van der Waals surface area (Å²) in [7, 11) is 0. The standard InChI is InChI=1S/C20H32O2.C18H32O2.C12H24/c1-2-3-4-5-6-7-8-9-10-11-12-13-14-15-16-17-18-19-20(21)22;1-2-3-4-5-6-7-8-9-10-11-12-13-14-15-16-17-18(19)20;1-3-5-7-9-11-12-10-8-6-4-2/h6-7,9-10,12-13,15-16H,2-5,8,11,14,17-19H2,1H3,(H,21,22);6-7,9-10H,2-5,8,11-17H2,1H3,(H,19,20);5,7H,3-4,6,8-12H2,1-2H3/b7-6-,10-9-,13-12-,16-15-;7-6-,10-9-;7-5-. The summed E-state index contributed by atoms with van der Waals surface area (Å²) >= 11 is 0. The lowest BCUT2D eigenvalue weighted by Gasteiger charge is -1.98. The highest BCUT2D eigenvalue weighted by molar-refractivity contribution is 5.66. The number of carbonyl (C=O) groups is 2. The van der Waals surface area contributed by atoms with E-state index in [0.717, 1.165) is 57.8 Å². The summed E-state index contributed by atoms with van der Waals surface area (Å²) in [5.74, 6) is -1.38. The minimum absolute atomic E-state index is 0.262. The fourth-order valence-electron chi connectivity index (χ4n) is 5.35. The molecule has 0 aromatic heterocycles. The van der Waals surface area contributed by atoms with Crippen LogP contribution >= 0.6 is 0 Å². The molecule has 2 N–H and O–H groups in total. The third kappa shape index (κ3) is 64.1. The topological polar surface area (TPSA) is 74.6 Å². The van der Waals surface area contributed by atoms with E-state index in [9.17, 15) is 9.59 Å². The summed E-state index contributed by atoms with van der Waals surface area (Å²) in [6.07, 6.45) is 65.2. The second-order valence-electron chi connectivity index (χ2n) is 14.2. The zero-order chi connectivity index (χ0) is 40.3. The highest BCUT2D eigenvalue weighted by atomic mass is 16.4. The summed E-state index contributed by atoms with van der Waals surface area (Å²) in [5, 5.41) is 17.0. The fraction of sp³-hybridized carbons (Fsp3) is 0.680. The van der Waals surface area contributed by atoms with Crippen molar-refractivity contribution in [3.63, 3.8) is 0 Å². The van der Waals surface area contributed by atoms with Gasteiger partial charge < -0.3 is 10.2 Å². The highest BCUT2D eigenvalue weighted by Crippen LogP contribution is 2.09. The van der Waals surface area contributed by atoms with Gasteiger partial charge >= 0.3 is 11.9 Å². The smallest absolute Gasteiger partial charge is 0.303 e. The maximum absolute atomic E-state index is 10.3. The SMILES string of the molecule is CC/C=C\CCCCCCCC.CCCCC/C=C\C/C=C\C/C=C\C/C=C\CCCC(=O)O.CCCCC/C=C\C/C=C\CCCCCCCC(=O)O. The van der Waals surface area contributed by atoms with Gasteiger partial charge in [0.2, 0.25) is 0 Å². The van der Waals surface area contributed by atoms with Crippen LogP contribution in [0, 0.1) is 0 Å². The van der Waals surface area contributed by atoms with Crippen molar-refractivity contribution < 1.29 is 19.8 Å². The zero-order valence-electron chi connectivity index (χ0n) is 36.0. The molecule has 0 aromatic rings. The van der Waals surface area contributed by atoms with Gasteiger partial charge in [0.1, 0.15) is 0 Å². The highest BCUT2D eigenvalue weighted by Gasteiger charge is 1.96. The average molecular weight is 753 g/mol. The van der Waals surface area contributed by atoms with Gasteiger partial charge in [0, 0.05) is 12.8 Å². The molecule has 4 nitrogen and oxygen atoms in total. The Morgan fingerprint density at radius 3 is 0.944 bits per heavy atom. The monoisotopic (exact) mass is 753 g/mol. The van der Waals surface area contributed by atoms with Crippen molar-refractivity contribution >= 4 is 11.9 Å². The molecule has 0 heterocycles. The van der Waals surface area contributed by atoms with E-state index in [4.69, 9.17) is 10.2 Å². The lowest BCUT2D eigenvalue weighted by atomic mass is 10.1. The third-order valence-corrected chi connectivity index (χ3v) is 8.69. The molecule has 0 fully saturated rings. The molecular formula is C50H88O4. The van der Waals surface area contributed by atoms with Crippen molar-refractivity contribution in [1.29, 1.82) is 0 Å². The molecule has 0 saturated heterocycles. The van der Waals surface area contributed by atoms with Crippen LogP contribution in [-0.2, 0) is 9.59 Å². The first-order valence-electron chi connectivity index (χ1n) is 22.4. The molecule has 312 valence electrons. The Hall–Kier alpha value is -2.88. The number of rotatable bonds is 36. The Labute approximate surface area is 336 Å². The molecule has 0 saturated carbocycles. The maximum atomic E-state index is 10.3. The molecule has 0 aliphatic carbocycles. The van der Waals surface area contributed by atoms with E-state index in [1.807, 2.05) is 0 Å². The summed E-state index contributed by atoms with van der Waals surface area (Å²) in [4.78, 5) is 20.6. The van der Waals surface area contributed by atoms with Gasteiger partial charge in [0.05, 0.1) is 0 Å². The molecule has 4 heteroatoms. The van der Waals surface area contributed by atoms with Crippen LogP contribution in [-0.4, -0.2) is 22.2 Å². The first kappa shape index (κ1) is 55.5. The van der Waals surface area contributed by atoms with Gasteiger partial charge in [0.25, 0.3) is 0 Å². The van der Waals surface area contributed by atoms with Crippen LogP contribution in [0.2, 0.25) is 0 Å². The van der Waals surface area contributed by atoms with E-state index < -0.39 is 11.9 Å². The lowest BCUT2D eigenvalue weighted by Crippen LogP contribution is -1.93. The maximum Gasteiger partial charge on any atom is 0.303 e. The Balaban J connectivity index is -0.000000753. The second-order valence-corrected chi connectivity index (χ2v) is 14.2. The van der Waals surface area contributed by atoms with Crippen molar-refractivity contribution in [3.8, 4) is 0 Å². The van der Waals surface area contributed by atoms with E-state index in [1.54, 1.807) is 0 Å². The number of unbranched alkanes of at least 4 members (excludes halogenated alkanes) is 18. The van der Waals surface area contributed by atoms with Crippen LogP contribution < -0.4 is 0 Å². The van der Waals surface area contributed by atoms with E-state index >= 15 is 0 Å². The zero-order valence-corrected chi connectivity index (χ0v) is 36.0. The predicted molar refractivity (Wildman–Crippen MR) is 240 cm³/mol. The van der Waals surface area contributed by atoms with Gasteiger partial charge in [-0.15, -0.1) is 0 Å². The average Bonchev–Trinajstić information content (AvgIpc) is 3.16. The minimum atomic E-state index is -0.712. The molecule has 0 radical (unpaired) electrons. The molecule has 0 unspecified atom stereocenters. The van der Waals surface area contributed by atoms with E-state index in [1.165, 1.54) is 122 Å². The van der Waals surface area contributed by atoms with Gasteiger partial charge in [-0.2, -0.15) is 0 Å². The quantitative estimate of drug-likeness (QED) is 0.0494. The summed E-state index contributed by atoms with van der Waals surface area (Å²) < 4.78 is 0. The Bertz CT molecular complexity index is 950. The van der Waals surface area contributed by atoms with Crippen LogP contribution in [0.1, 0.15) is 220 Å². The molecular weight excluding hydrogens is 665 g/mol. The first-order valence-corrected chi connectivity index (χ1v) is 22.4. The van der Waals surface area contributed by atoms with Gasteiger partial charge in [-0.05, 0) is 103 Å². The normalized spacial score (nSPS) is 11.9. The van der Waals surface area contributed by atoms with Crippen molar-refractivity contribution in [2.45, 2.75) is 220 Å². The first-order chi connectivity index (χ1) is 26.5. The Morgan fingerprint density at radius 1 is 0.315 bits per heavy atom. The van der Waals surface area contributed by atoms with Gasteiger partial charge in [-0.1, -0.05) is 190 Å². The van der Waals surface area contributed by atoms with Crippen molar-refractivity contribution in [1.82, 2.24) is 0 Å². The largest absolute Gasteiger partial charge is 0.481 e. The van der Waals surface area contributed by atoms with Gasteiger partial charge in [0.15, 0.2) is 0 Å². The molecule has 0 aromatic carbocycles. The predicted octanol–water partition coefficient (Wildman–Crippen LogP) is 16.8. The molecule has 54 heavy (non-hydrogen) atoms. The molecule has 0 aliphatic rings. The third-order valence-electron chi connectivity index (χ3n) is 8.69. The molecule has 0 amide bonds. The molecule has 0 aliphatic heterocycles. The van der Waals surface area contributed by atoms with E-state index in [-0.39, 0.29) is 6.42 Å². The van der Waals surface area contributed by atoms with Crippen molar-refractivity contribution in [3.05, 3.63) is 85.1 Å². The lowest BCUT2D eigenvalue weighted by molar-refractivity contribution is -0.138. The Morgan fingerprint density at radius 2 is 0.574 bits per heavy atom. The molecule has 0 spiro atoms. The van der Waals surface area contributed by atoms with Crippen LogP contribution in [0.3, 0.4) is 0 Å². The van der Waals surface area contributed by atoms with Crippen LogP contribution in [0.25, 0.3) is 0 Å². The number of hydrogen-bond acceptors (Lipinski definition) is 2. The number of aliphatic carboxylic acids is 2. The number of allylic oxidation sites excluding steroid dienone is 14. The summed E-state index contributed by atoms with van der Waals surface area (Å²) in [5.41, 5.74) is 0. The van der Waals surface area contributed by atoms with Crippen molar-refractivity contribution in [2.24, 2.45) is 0 Å². The molecule has 0 atom stereocenters. The molecule has 0 rings (SSSR count). The number of carboxylic acids is 2. The van der Waals surface area contributed by atoms with Crippen LogP contribution in [0.5, 0.6) is 0 Å². The number of hydrogen-bond donors (Lipinski definition) is 2.